The first kappa shape index (κ1) is 17.9. The first-order valence-corrected chi connectivity index (χ1v) is 8.90. The number of hydrogen-bond donors (Lipinski definition) is 1. The number of fused-ring (bicyclic) bond motifs is 1. The molecule has 3 rings (SSSR count). The first-order chi connectivity index (χ1) is 12.6. The number of aryl methyl sites for hydroxylation is 2. The van der Waals surface area contributed by atoms with Crippen molar-refractivity contribution in [1.29, 1.82) is 0 Å². The van der Waals surface area contributed by atoms with Crippen LogP contribution in [0.4, 0.5) is 0 Å². The molecular formula is C20H23N3O3. The van der Waals surface area contributed by atoms with Crippen molar-refractivity contribution in [1.82, 2.24) is 14.6 Å². The van der Waals surface area contributed by atoms with Crippen LogP contribution in [0.25, 0.3) is 16.8 Å². The van der Waals surface area contributed by atoms with Crippen molar-refractivity contribution < 1.29 is 9.53 Å². The summed E-state index contributed by atoms with van der Waals surface area (Å²) in [6.45, 7) is 5.96. The van der Waals surface area contributed by atoms with Crippen molar-refractivity contribution in [2.24, 2.45) is 0 Å². The topological polar surface area (TPSA) is 76.5 Å². The third kappa shape index (κ3) is 3.27. The largest absolute Gasteiger partial charge is 0.466 e. The van der Waals surface area contributed by atoms with Gasteiger partial charge in [0.25, 0.3) is 5.56 Å². The predicted octanol–water partition coefficient (Wildman–Crippen LogP) is 3.06. The normalized spacial score (nSPS) is 11.0. The van der Waals surface area contributed by atoms with E-state index in [1.54, 1.807) is 6.92 Å². The molecule has 26 heavy (non-hydrogen) atoms. The van der Waals surface area contributed by atoms with Crippen LogP contribution < -0.4 is 5.56 Å². The SMILES string of the molecule is CCOC(=O)CCc1c(C)nc2c(-c3ccccc3)c(CC)[nH]n2c1=O. The average Bonchev–Trinajstić information content (AvgIpc) is 3.01. The molecule has 6 heteroatoms. The Morgan fingerprint density at radius 3 is 2.62 bits per heavy atom. The molecular weight excluding hydrogens is 330 g/mol. The molecule has 0 bridgehead atoms. The molecule has 0 aliphatic carbocycles. The van der Waals surface area contributed by atoms with E-state index in [9.17, 15) is 9.59 Å². The van der Waals surface area contributed by atoms with Gasteiger partial charge >= 0.3 is 5.97 Å². The number of rotatable bonds is 6. The zero-order chi connectivity index (χ0) is 18.7. The van der Waals surface area contributed by atoms with Gasteiger partial charge in [-0.3, -0.25) is 14.7 Å². The van der Waals surface area contributed by atoms with E-state index in [1.807, 2.05) is 44.2 Å². The fourth-order valence-corrected chi connectivity index (χ4v) is 3.17. The molecule has 0 saturated heterocycles. The van der Waals surface area contributed by atoms with E-state index in [2.05, 4.69) is 10.1 Å². The standard InChI is InChI=1S/C20H23N3O3/c1-4-16-18(14-9-7-6-8-10-14)19-21-13(3)15(20(25)23(19)22-16)11-12-17(24)26-5-2/h6-10,22H,4-5,11-12H2,1-3H3. The van der Waals surface area contributed by atoms with E-state index >= 15 is 0 Å². The van der Waals surface area contributed by atoms with Gasteiger partial charge < -0.3 is 4.74 Å². The quantitative estimate of drug-likeness (QED) is 0.691. The van der Waals surface area contributed by atoms with Gasteiger partial charge in [-0.2, -0.15) is 0 Å². The lowest BCUT2D eigenvalue weighted by Gasteiger charge is -2.06. The van der Waals surface area contributed by atoms with E-state index in [0.29, 0.717) is 29.9 Å². The molecule has 2 heterocycles. The molecule has 0 radical (unpaired) electrons. The second-order valence-electron chi connectivity index (χ2n) is 6.13. The zero-order valence-corrected chi connectivity index (χ0v) is 15.3. The molecule has 0 spiro atoms. The van der Waals surface area contributed by atoms with Crippen LogP contribution in [0.15, 0.2) is 35.1 Å². The van der Waals surface area contributed by atoms with Gasteiger partial charge in [-0.1, -0.05) is 37.3 Å². The minimum absolute atomic E-state index is 0.159. The van der Waals surface area contributed by atoms with Gasteiger partial charge in [-0.15, -0.1) is 0 Å². The van der Waals surface area contributed by atoms with Crippen LogP contribution in [0, 0.1) is 6.92 Å². The fourth-order valence-electron chi connectivity index (χ4n) is 3.17. The Balaban J connectivity index is 2.11. The number of nitrogens with zero attached hydrogens (tertiary/aromatic N) is 2. The monoisotopic (exact) mass is 353 g/mol. The Morgan fingerprint density at radius 2 is 1.96 bits per heavy atom. The molecule has 0 amide bonds. The van der Waals surface area contributed by atoms with Gasteiger partial charge in [0.15, 0.2) is 5.65 Å². The van der Waals surface area contributed by atoms with Gasteiger partial charge in [0.05, 0.1) is 6.61 Å². The third-order valence-corrected chi connectivity index (χ3v) is 4.46. The summed E-state index contributed by atoms with van der Waals surface area (Å²) < 4.78 is 6.45. The second-order valence-corrected chi connectivity index (χ2v) is 6.13. The fraction of sp³-hybridized carbons (Fsp3) is 0.350. The molecule has 136 valence electrons. The zero-order valence-electron chi connectivity index (χ0n) is 15.3. The molecule has 1 N–H and O–H groups in total. The molecule has 6 nitrogen and oxygen atoms in total. The molecule has 1 aromatic carbocycles. The molecule has 0 aliphatic rings. The van der Waals surface area contributed by atoms with Gasteiger partial charge in [-0.05, 0) is 32.3 Å². The minimum atomic E-state index is -0.304. The Bertz CT molecular complexity index is 987. The van der Waals surface area contributed by atoms with Gasteiger partial charge in [0, 0.05) is 28.9 Å². The summed E-state index contributed by atoms with van der Waals surface area (Å²) in [6.07, 6.45) is 1.25. The Labute approximate surface area is 151 Å². The number of hydrogen-bond acceptors (Lipinski definition) is 4. The highest BCUT2D eigenvalue weighted by Crippen LogP contribution is 2.27. The summed E-state index contributed by atoms with van der Waals surface area (Å²) >= 11 is 0. The number of carbonyl (C=O) groups excluding carboxylic acids is 1. The highest BCUT2D eigenvalue weighted by molar-refractivity contribution is 5.80. The Hall–Kier alpha value is -2.89. The van der Waals surface area contributed by atoms with Crippen LogP contribution in [0.5, 0.6) is 0 Å². The van der Waals surface area contributed by atoms with Gasteiger partial charge in [0.2, 0.25) is 0 Å². The average molecular weight is 353 g/mol. The molecule has 3 aromatic rings. The van der Waals surface area contributed by atoms with Crippen LogP contribution >= 0.6 is 0 Å². The van der Waals surface area contributed by atoms with E-state index in [0.717, 1.165) is 23.2 Å². The lowest BCUT2D eigenvalue weighted by atomic mass is 10.0. The third-order valence-electron chi connectivity index (χ3n) is 4.46. The number of benzene rings is 1. The van der Waals surface area contributed by atoms with E-state index in [1.165, 1.54) is 4.52 Å². The smallest absolute Gasteiger partial charge is 0.306 e. The van der Waals surface area contributed by atoms with Crippen LogP contribution in [0.2, 0.25) is 0 Å². The number of carbonyl (C=O) groups is 1. The number of aromatic nitrogens is 3. The summed E-state index contributed by atoms with van der Waals surface area (Å²) in [7, 11) is 0. The van der Waals surface area contributed by atoms with E-state index < -0.39 is 0 Å². The number of esters is 1. The van der Waals surface area contributed by atoms with Crippen LogP contribution in [-0.4, -0.2) is 27.2 Å². The first-order valence-electron chi connectivity index (χ1n) is 8.90. The van der Waals surface area contributed by atoms with Crippen molar-refractivity contribution in [2.75, 3.05) is 6.61 Å². The molecule has 0 fully saturated rings. The van der Waals surface area contributed by atoms with Crippen molar-refractivity contribution in [2.45, 2.75) is 40.0 Å². The number of ether oxygens (including phenoxy) is 1. The predicted molar refractivity (Wildman–Crippen MR) is 100 cm³/mol. The molecule has 2 aromatic heterocycles. The summed E-state index contributed by atoms with van der Waals surface area (Å²) in [5.74, 6) is -0.304. The minimum Gasteiger partial charge on any atom is -0.466 e. The molecule has 0 unspecified atom stereocenters. The van der Waals surface area contributed by atoms with E-state index in [4.69, 9.17) is 4.74 Å². The van der Waals surface area contributed by atoms with Crippen molar-refractivity contribution in [3.63, 3.8) is 0 Å². The van der Waals surface area contributed by atoms with Gasteiger partial charge in [-0.25, -0.2) is 9.50 Å². The molecule has 0 aliphatic heterocycles. The summed E-state index contributed by atoms with van der Waals surface area (Å²) in [5.41, 5.74) is 4.59. The summed E-state index contributed by atoms with van der Waals surface area (Å²) in [4.78, 5) is 29.3. The van der Waals surface area contributed by atoms with Gasteiger partial charge in [0.1, 0.15) is 0 Å². The highest BCUT2D eigenvalue weighted by Gasteiger charge is 2.19. The van der Waals surface area contributed by atoms with Crippen LogP contribution in [-0.2, 0) is 22.4 Å². The molecule has 0 saturated carbocycles. The van der Waals surface area contributed by atoms with Crippen LogP contribution in [0.3, 0.4) is 0 Å². The Morgan fingerprint density at radius 1 is 1.23 bits per heavy atom. The Kier molecular flexibility index (Phi) is 5.21. The summed E-state index contributed by atoms with van der Waals surface area (Å²) in [5, 5.41) is 3.19. The van der Waals surface area contributed by atoms with Crippen LogP contribution in [0.1, 0.15) is 37.2 Å². The number of aromatic amines is 1. The lowest BCUT2D eigenvalue weighted by molar-refractivity contribution is -0.143. The highest BCUT2D eigenvalue weighted by atomic mass is 16.5. The van der Waals surface area contributed by atoms with Crippen molar-refractivity contribution in [3.8, 4) is 11.1 Å². The number of nitrogens with one attached hydrogen (secondary N) is 1. The summed E-state index contributed by atoms with van der Waals surface area (Å²) in [6, 6.07) is 9.92. The van der Waals surface area contributed by atoms with Crippen molar-refractivity contribution >= 4 is 11.6 Å². The maximum Gasteiger partial charge on any atom is 0.306 e. The molecule has 0 atom stereocenters. The number of H-pyrrole nitrogens is 1. The van der Waals surface area contributed by atoms with Crippen molar-refractivity contribution in [3.05, 3.63) is 57.6 Å². The lowest BCUT2D eigenvalue weighted by Crippen LogP contribution is -2.23. The van der Waals surface area contributed by atoms with E-state index in [-0.39, 0.29) is 17.9 Å². The maximum atomic E-state index is 13.0. The second kappa shape index (κ2) is 7.56. The maximum absolute atomic E-state index is 13.0.